The third-order valence-corrected chi connectivity index (χ3v) is 4.34. The Kier molecular flexibility index (Phi) is 4.71. The maximum Gasteiger partial charge on any atom is 0.161 e. The van der Waals surface area contributed by atoms with Gasteiger partial charge in [-0.1, -0.05) is 15.9 Å². The van der Waals surface area contributed by atoms with E-state index < -0.39 is 5.60 Å². The average Bonchev–Trinajstić information content (AvgIpc) is 2.38. The van der Waals surface area contributed by atoms with Crippen LogP contribution in [0.15, 0.2) is 16.6 Å². The average molecular weight is 330 g/mol. The van der Waals surface area contributed by atoms with E-state index in [0.29, 0.717) is 24.6 Å². The van der Waals surface area contributed by atoms with Crippen LogP contribution >= 0.6 is 15.9 Å². The maximum atomic E-state index is 10.0. The van der Waals surface area contributed by atoms with Gasteiger partial charge in [0, 0.05) is 17.6 Å². The highest BCUT2D eigenvalue weighted by Gasteiger charge is 2.33. The van der Waals surface area contributed by atoms with Crippen molar-refractivity contribution in [3.8, 4) is 11.5 Å². The molecule has 0 amide bonds. The Balaban J connectivity index is 1.99. The largest absolute Gasteiger partial charge is 0.493 e. The Bertz CT molecular complexity index is 447. The lowest BCUT2D eigenvalue weighted by Crippen LogP contribution is -2.46. The summed E-state index contributed by atoms with van der Waals surface area (Å²) in [6.45, 7) is 1.32. The summed E-state index contributed by atoms with van der Waals surface area (Å²) in [7, 11) is 3.24. The van der Waals surface area contributed by atoms with E-state index in [2.05, 4.69) is 21.2 Å². The van der Waals surface area contributed by atoms with E-state index in [4.69, 9.17) is 9.47 Å². The molecular formula is C14H20BrNO3. The summed E-state index contributed by atoms with van der Waals surface area (Å²) in [5, 5.41) is 13.3. The van der Waals surface area contributed by atoms with Crippen molar-refractivity contribution in [2.24, 2.45) is 0 Å². The van der Waals surface area contributed by atoms with Gasteiger partial charge in [-0.2, -0.15) is 0 Å². The molecule has 0 saturated heterocycles. The van der Waals surface area contributed by atoms with Crippen LogP contribution in [0.4, 0.5) is 0 Å². The first-order chi connectivity index (χ1) is 9.08. The molecule has 19 heavy (non-hydrogen) atoms. The van der Waals surface area contributed by atoms with E-state index >= 15 is 0 Å². The molecule has 1 fully saturated rings. The Hall–Kier alpha value is -0.780. The number of halogens is 1. The lowest BCUT2D eigenvalue weighted by molar-refractivity contribution is -0.0314. The first-order valence-electron chi connectivity index (χ1n) is 6.41. The zero-order chi connectivity index (χ0) is 13.9. The summed E-state index contributed by atoms with van der Waals surface area (Å²) in [4.78, 5) is 0. The molecule has 2 N–H and O–H groups in total. The van der Waals surface area contributed by atoms with E-state index in [9.17, 15) is 5.11 Å². The van der Waals surface area contributed by atoms with Gasteiger partial charge in [0.15, 0.2) is 11.5 Å². The number of rotatable bonds is 6. The molecule has 4 nitrogen and oxygen atoms in total. The highest BCUT2D eigenvalue weighted by atomic mass is 79.9. The fourth-order valence-electron chi connectivity index (χ4n) is 2.22. The second-order valence-corrected chi connectivity index (χ2v) is 5.83. The van der Waals surface area contributed by atoms with Crippen LogP contribution in [0.3, 0.4) is 0 Å². The topological polar surface area (TPSA) is 50.7 Å². The standard InChI is InChI=1S/C14H20BrNO3/c1-18-12-6-10(11(15)7-13(12)19-2)8-16-9-14(17)4-3-5-14/h6-7,16-17H,3-5,8-9H2,1-2H3. The highest BCUT2D eigenvalue weighted by Crippen LogP contribution is 2.34. The van der Waals surface area contributed by atoms with Crippen molar-refractivity contribution in [1.29, 1.82) is 0 Å². The molecule has 106 valence electrons. The van der Waals surface area contributed by atoms with Gasteiger partial charge < -0.3 is 19.9 Å². The van der Waals surface area contributed by atoms with Crippen LogP contribution in [0.25, 0.3) is 0 Å². The predicted octanol–water partition coefficient (Wildman–Crippen LogP) is 2.47. The van der Waals surface area contributed by atoms with Crippen LogP contribution in [0, 0.1) is 0 Å². The second kappa shape index (κ2) is 6.11. The molecule has 1 aliphatic carbocycles. The number of ether oxygens (including phenoxy) is 2. The lowest BCUT2D eigenvalue weighted by atomic mass is 9.80. The van der Waals surface area contributed by atoms with E-state index in [1.54, 1.807) is 14.2 Å². The summed E-state index contributed by atoms with van der Waals surface area (Å²) >= 11 is 3.52. The molecule has 0 aliphatic heterocycles. The summed E-state index contributed by atoms with van der Waals surface area (Å²) in [5.41, 5.74) is 0.587. The third-order valence-electron chi connectivity index (χ3n) is 3.61. The van der Waals surface area contributed by atoms with E-state index in [1.807, 2.05) is 12.1 Å². The quantitative estimate of drug-likeness (QED) is 0.841. The number of hydrogen-bond acceptors (Lipinski definition) is 4. The molecule has 0 atom stereocenters. The van der Waals surface area contributed by atoms with Gasteiger partial charge in [-0.25, -0.2) is 0 Å². The van der Waals surface area contributed by atoms with Crippen molar-refractivity contribution in [2.45, 2.75) is 31.4 Å². The number of aliphatic hydroxyl groups is 1. The van der Waals surface area contributed by atoms with Crippen LogP contribution in [-0.4, -0.2) is 31.5 Å². The molecule has 1 aliphatic rings. The number of benzene rings is 1. The molecule has 0 bridgehead atoms. The number of methoxy groups -OCH3 is 2. The van der Waals surface area contributed by atoms with Gasteiger partial charge in [-0.15, -0.1) is 0 Å². The predicted molar refractivity (Wildman–Crippen MR) is 77.8 cm³/mol. The van der Waals surface area contributed by atoms with Crippen LogP contribution in [0.1, 0.15) is 24.8 Å². The first kappa shape index (κ1) is 14.6. The molecule has 0 spiro atoms. The van der Waals surface area contributed by atoms with Crippen molar-refractivity contribution in [3.05, 3.63) is 22.2 Å². The Morgan fingerprint density at radius 3 is 2.42 bits per heavy atom. The summed E-state index contributed by atoms with van der Waals surface area (Å²) < 4.78 is 11.5. The molecule has 0 radical (unpaired) electrons. The minimum absolute atomic E-state index is 0.497. The molecule has 1 saturated carbocycles. The Labute approximate surface area is 122 Å². The molecule has 0 unspecified atom stereocenters. The summed E-state index contributed by atoms with van der Waals surface area (Å²) in [6.07, 6.45) is 2.92. The van der Waals surface area contributed by atoms with E-state index in [1.165, 1.54) is 0 Å². The summed E-state index contributed by atoms with van der Waals surface area (Å²) in [5.74, 6) is 1.42. The van der Waals surface area contributed by atoms with Gasteiger partial charge >= 0.3 is 0 Å². The van der Waals surface area contributed by atoms with E-state index in [-0.39, 0.29) is 0 Å². The molecule has 2 rings (SSSR count). The highest BCUT2D eigenvalue weighted by molar-refractivity contribution is 9.10. The Morgan fingerprint density at radius 1 is 1.26 bits per heavy atom. The van der Waals surface area contributed by atoms with Crippen molar-refractivity contribution in [3.63, 3.8) is 0 Å². The molecule has 0 aromatic heterocycles. The minimum atomic E-state index is -0.497. The van der Waals surface area contributed by atoms with Crippen molar-refractivity contribution in [2.75, 3.05) is 20.8 Å². The van der Waals surface area contributed by atoms with Crippen LogP contribution in [-0.2, 0) is 6.54 Å². The van der Waals surface area contributed by atoms with Crippen molar-refractivity contribution in [1.82, 2.24) is 5.32 Å². The first-order valence-corrected chi connectivity index (χ1v) is 7.21. The zero-order valence-electron chi connectivity index (χ0n) is 11.3. The molecule has 0 heterocycles. The monoisotopic (exact) mass is 329 g/mol. The molecule has 1 aromatic rings. The SMILES string of the molecule is COc1cc(Br)c(CNCC2(O)CCC2)cc1OC. The molecule has 1 aromatic carbocycles. The van der Waals surface area contributed by atoms with Gasteiger partial charge in [0.05, 0.1) is 19.8 Å². The minimum Gasteiger partial charge on any atom is -0.493 e. The lowest BCUT2D eigenvalue weighted by Gasteiger charge is -2.36. The molecular weight excluding hydrogens is 310 g/mol. The van der Waals surface area contributed by atoms with Crippen LogP contribution in [0.2, 0.25) is 0 Å². The number of nitrogens with one attached hydrogen (secondary N) is 1. The van der Waals surface area contributed by atoms with Gasteiger partial charge in [0.1, 0.15) is 0 Å². The fourth-order valence-corrected chi connectivity index (χ4v) is 2.69. The molecule has 5 heteroatoms. The number of hydrogen-bond donors (Lipinski definition) is 2. The van der Waals surface area contributed by atoms with Crippen molar-refractivity contribution < 1.29 is 14.6 Å². The normalized spacial score (nSPS) is 16.8. The third kappa shape index (κ3) is 3.41. The Morgan fingerprint density at radius 2 is 1.89 bits per heavy atom. The zero-order valence-corrected chi connectivity index (χ0v) is 12.9. The van der Waals surface area contributed by atoms with Gasteiger partial charge in [-0.05, 0) is 37.0 Å². The van der Waals surface area contributed by atoms with Gasteiger partial charge in [0.25, 0.3) is 0 Å². The summed E-state index contributed by atoms with van der Waals surface area (Å²) in [6, 6.07) is 3.84. The van der Waals surface area contributed by atoms with Crippen LogP contribution < -0.4 is 14.8 Å². The smallest absolute Gasteiger partial charge is 0.161 e. The van der Waals surface area contributed by atoms with Gasteiger partial charge in [-0.3, -0.25) is 0 Å². The van der Waals surface area contributed by atoms with Crippen molar-refractivity contribution >= 4 is 15.9 Å². The maximum absolute atomic E-state index is 10.0. The fraction of sp³-hybridized carbons (Fsp3) is 0.571. The van der Waals surface area contributed by atoms with Crippen LogP contribution in [0.5, 0.6) is 11.5 Å². The van der Waals surface area contributed by atoms with E-state index in [0.717, 1.165) is 29.3 Å². The van der Waals surface area contributed by atoms with Gasteiger partial charge in [0.2, 0.25) is 0 Å². The second-order valence-electron chi connectivity index (χ2n) is 4.98.